The monoisotopic (exact) mass is 287 g/mol. The zero-order valence-corrected chi connectivity index (χ0v) is 11.4. The highest BCUT2D eigenvalue weighted by atomic mass is 16.4. The second-order valence-corrected chi connectivity index (χ2v) is 4.46. The van der Waals surface area contributed by atoms with E-state index in [0.717, 1.165) is 18.7 Å². The van der Waals surface area contributed by atoms with Gasteiger partial charge in [0, 0.05) is 36.5 Å². The Hall–Kier alpha value is -2.83. The Morgan fingerprint density at radius 2 is 2.05 bits per heavy atom. The summed E-state index contributed by atoms with van der Waals surface area (Å²) in [6.07, 6.45) is 5.07. The third kappa shape index (κ3) is 4.07. The van der Waals surface area contributed by atoms with Gasteiger partial charge in [-0.1, -0.05) is 17.3 Å². The largest absolute Gasteiger partial charge is 0.409 e. The number of nitrogens with one attached hydrogen (secondary N) is 2. The molecule has 5 N–H and O–H groups in total. The van der Waals surface area contributed by atoms with E-state index in [4.69, 9.17) is 10.9 Å². The molecule has 2 aromatic rings. The van der Waals surface area contributed by atoms with Crippen molar-refractivity contribution in [2.75, 3.05) is 6.54 Å². The SMILES string of the molecule is N/C(=N/O)c1ccc(C(=O)NCCCc2ncc[nH]2)cc1. The van der Waals surface area contributed by atoms with Crippen molar-refractivity contribution in [3.05, 3.63) is 53.6 Å². The minimum Gasteiger partial charge on any atom is -0.409 e. The molecule has 0 unspecified atom stereocenters. The molecule has 0 aliphatic carbocycles. The van der Waals surface area contributed by atoms with E-state index in [2.05, 4.69) is 20.4 Å². The molecule has 21 heavy (non-hydrogen) atoms. The number of aromatic nitrogens is 2. The van der Waals surface area contributed by atoms with Crippen LogP contribution in [0.2, 0.25) is 0 Å². The third-order valence-corrected chi connectivity index (χ3v) is 2.98. The highest BCUT2D eigenvalue weighted by Crippen LogP contribution is 2.04. The maximum atomic E-state index is 11.9. The van der Waals surface area contributed by atoms with Gasteiger partial charge in [0.05, 0.1) is 0 Å². The van der Waals surface area contributed by atoms with E-state index in [1.165, 1.54) is 0 Å². The first-order valence-electron chi connectivity index (χ1n) is 6.55. The minimum atomic E-state index is -0.152. The number of H-pyrrole nitrogens is 1. The topological polar surface area (TPSA) is 116 Å². The van der Waals surface area contributed by atoms with E-state index in [1.54, 1.807) is 36.7 Å². The zero-order chi connectivity index (χ0) is 15.1. The number of carbonyl (C=O) groups is 1. The zero-order valence-electron chi connectivity index (χ0n) is 11.4. The number of benzene rings is 1. The number of hydrogen-bond acceptors (Lipinski definition) is 4. The molecule has 0 saturated carbocycles. The van der Waals surface area contributed by atoms with Gasteiger partial charge < -0.3 is 21.2 Å². The van der Waals surface area contributed by atoms with Crippen LogP contribution in [0.1, 0.15) is 28.2 Å². The normalized spacial score (nSPS) is 11.3. The molecular formula is C14H17N5O2. The van der Waals surface area contributed by atoms with Gasteiger partial charge in [0.25, 0.3) is 5.91 Å². The summed E-state index contributed by atoms with van der Waals surface area (Å²) in [7, 11) is 0. The summed E-state index contributed by atoms with van der Waals surface area (Å²) in [5, 5.41) is 14.3. The fraction of sp³-hybridized carbons (Fsp3) is 0.214. The molecule has 1 heterocycles. The van der Waals surface area contributed by atoms with E-state index in [1.807, 2.05) is 0 Å². The highest BCUT2D eigenvalue weighted by Gasteiger charge is 2.06. The predicted molar refractivity (Wildman–Crippen MR) is 78.2 cm³/mol. The average molecular weight is 287 g/mol. The maximum Gasteiger partial charge on any atom is 0.251 e. The molecule has 0 aliphatic rings. The summed E-state index contributed by atoms with van der Waals surface area (Å²) in [6, 6.07) is 6.53. The lowest BCUT2D eigenvalue weighted by Crippen LogP contribution is -2.25. The fourth-order valence-corrected chi connectivity index (χ4v) is 1.84. The standard InChI is InChI=1S/C14H17N5O2/c15-13(19-21)10-3-5-11(6-4-10)14(20)18-7-1-2-12-16-8-9-17-12/h3-6,8-9,21H,1-2,7H2,(H2,15,19)(H,16,17)(H,18,20). The number of amidine groups is 1. The highest BCUT2D eigenvalue weighted by molar-refractivity contribution is 5.99. The number of imidazole rings is 1. The van der Waals surface area contributed by atoms with Crippen molar-refractivity contribution in [3.8, 4) is 0 Å². The van der Waals surface area contributed by atoms with Gasteiger partial charge in [-0.25, -0.2) is 4.98 Å². The Morgan fingerprint density at radius 1 is 1.33 bits per heavy atom. The number of carbonyl (C=O) groups excluding carboxylic acids is 1. The molecule has 0 saturated heterocycles. The van der Waals surface area contributed by atoms with Gasteiger partial charge in [-0.3, -0.25) is 4.79 Å². The predicted octanol–water partition coefficient (Wildman–Crippen LogP) is 0.867. The Labute approximate surface area is 121 Å². The Kier molecular flexibility index (Phi) is 4.92. The van der Waals surface area contributed by atoms with Gasteiger partial charge in [0.1, 0.15) is 5.82 Å². The molecule has 0 atom stereocenters. The van der Waals surface area contributed by atoms with Gasteiger partial charge in [0.15, 0.2) is 5.84 Å². The van der Waals surface area contributed by atoms with Crippen LogP contribution in [0.15, 0.2) is 41.8 Å². The smallest absolute Gasteiger partial charge is 0.251 e. The van der Waals surface area contributed by atoms with Crippen LogP contribution in [0.4, 0.5) is 0 Å². The Balaban J connectivity index is 1.80. The number of aromatic amines is 1. The second-order valence-electron chi connectivity index (χ2n) is 4.46. The van der Waals surface area contributed by atoms with Crippen LogP contribution in [-0.4, -0.2) is 33.5 Å². The molecule has 110 valence electrons. The lowest BCUT2D eigenvalue weighted by Gasteiger charge is -2.05. The number of nitrogens with two attached hydrogens (primary N) is 1. The van der Waals surface area contributed by atoms with Gasteiger partial charge in [0.2, 0.25) is 0 Å². The van der Waals surface area contributed by atoms with Crippen LogP contribution < -0.4 is 11.1 Å². The second kappa shape index (κ2) is 7.09. The fourth-order valence-electron chi connectivity index (χ4n) is 1.84. The van der Waals surface area contributed by atoms with Crippen LogP contribution in [0.5, 0.6) is 0 Å². The van der Waals surface area contributed by atoms with Crippen LogP contribution in [0, 0.1) is 0 Å². The van der Waals surface area contributed by atoms with Crippen molar-refractivity contribution in [3.63, 3.8) is 0 Å². The number of oxime groups is 1. The summed E-state index contributed by atoms with van der Waals surface area (Å²) in [5.74, 6) is 0.772. The molecule has 1 aromatic heterocycles. The Morgan fingerprint density at radius 3 is 2.67 bits per heavy atom. The van der Waals surface area contributed by atoms with Crippen LogP contribution in [0.3, 0.4) is 0 Å². The first kappa shape index (κ1) is 14.6. The summed E-state index contributed by atoms with van der Waals surface area (Å²) in [5.41, 5.74) is 6.55. The summed E-state index contributed by atoms with van der Waals surface area (Å²) in [6.45, 7) is 0.571. The summed E-state index contributed by atoms with van der Waals surface area (Å²) < 4.78 is 0. The molecule has 0 bridgehead atoms. The maximum absolute atomic E-state index is 11.9. The molecule has 0 spiro atoms. The molecule has 0 aliphatic heterocycles. The van der Waals surface area contributed by atoms with Gasteiger partial charge in [-0.05, 0) is 18.6 Å². The number of nitrogens with zero attached hydrogens (tertiary/aromatic N) is 2. The number of amides is 1. The first-order chi connectivity index (χ1) is 10.2. The van der Waals surface area contributed by atoms with Crippen LogP contribution in [-0.2, 0) is 6.42 Å². The van der Waals surface area contributed by atoms with E-state index < -0.39 is 0 Å². The van der Waals surface area contributed by atoms with Gasteiger partial charge >= 0.3 is 0 Å². The molecule has 2 rings (SSSR count). The average Bonchev–Trinajstić information content (AvgIpc) is 3.04. The van der Waals surface area contributed by atoms with E-state index >= 15 is 0 Å². The van der Waals surface area contributed by atoms with Gasteiger partial charge in [-0.2, -0.15) is 0 Å². The molecule has 1 aromatic carbocycles. The summed E-state index contributed by atoms with van der Waals surface area (Å²) >= 11 is 0. The van der Waals surface area contributed by atoms with Gasteiger partial charge in [-0.15, -0.1) is 0 Å². The van der Waals surface area contributed by atoms with Crippen molar-refractivity contribution >= 4 is 11.7 Å². The third-order valence-electron chi connectivity index (χ3n) is 2.98. The number of rotatable bonds is 6. The quantitative estimate of drug-likeness (QED) is 0.207. The lowest BCUT2D eigenvalue weighted by atomic mass is 10.1. The van der Waals surface area contributed by atoms with Crippen molar-refractivity contribution in [2.24, 2.45) is 10.9 Å². The number of aryl methyl sites for hydroxylation is 1. The lowest BCUT2D eigenvalue weighted by molar-refractivity contribution is 0.0953. The summed E-state index contributed by atoms with van der Waals surface area (Å²) in [4.78, 5) is 19.0. The molecule has 0 fully saturated rings. The van der Waals surface area contributed by atoms with Crippen molar-refractivity contribution < 1.29 is 10.0 Å². The molecule has 1 amide bonds. The van der Waals surface area contributed by atoms with Crippen LogP contribution in [0.25, 0.3) is 0 Å². The van der Waals surface area contributed by atoms with Crippen LogP contribution >= 0.6 is 0 Å². The molecular weight excluding hydrogens is 270 g/mol. The minimum absolute atomic E-state index is 0.0143. The van der Waals surface area contributed by atoms with Crippen molar-refractivity contribution in [2.45, 2.75) is 12.8 Å². The molecule has 0 radical (unpaired) electrons. The number of hydrogen-bond donors (Lipinski definition) is 4. The molecule has 7 heteroatoms. The van der Waals surface area contributed by atoms with Crippen molar-refractivity contribution in [1.29, 1.82) is 0 Å². The molecule has 7 nitrogen and oxygen atoms in total. The van der Waals surface area contributed by atoms with E-state index in [0.29, 0.717) is 17.7 Å². The van der Waals surface area contributed by atoms with Crippen molar-refractivity contribution in [1.82, 2.24) is 15.3 Å². The first-order valence-corrected chi connectivity index (χ1v) is 6.55. The van der Waals surface area contributed by atoms with E-state index in [9.17, 15) is 4.79 Å². The Bertz CT molecular complexity index is 605. The van der Waals surface area contributed by atoms with E-state index in [-0.39, 0.29) is 11.7 Å².